The second-order valence-corrected chi connectivity index (χ2v) is 6.88. The number of carbonyl (C=O) groups excluding carboxylic acids is 4. The Morgan fingerprint density at radius 2 is 1.59 bits per heavy atom. The zero-order valence-corrected chi connectivity index (χ0v) is 16.5. The molecule has 164 valence electrons. The summed E-state index contributed by atoms with van der Waals surface area (Å²) in [4.78, 5) is 68.7. The van der Waals surface area contributed by atoms with Crippen LogP contribution in [-0.4, -0.2) is 82.5 Å². The lowest BCUT2D eigenvalue weighted by Crippen LogP contribution is -2.54. The molecule has 13 nitrogen and oxygen atoms in total. The molecule has 4 amide bonds. The Morgan fingerprint density at radius 3 is 2.07 bits per heavy atom. The number of amides is 4. The van der Waals surface area contributed by atoms with Crippen LogP contribution in [0, 0.1) is 0 Å². The van der Waals surface area contributed by atoms with Crippen LogP contribution in [0.4, 0.5) is 0 Å². The van der Waals surface area contributed by atoms with Gasteiger partial charge in [-0.05, 0) is 18.4 Å². The molecule has 0 aliphatic rings. The number of carboxylic acids is 2. The van der Waals surface area contributed by atoms with E-state index in [4.69, 9.17) is 21.7 Å². The minimum atomic E-state index is -1.57. The van der Waals surface area contributed by atoms with Crippen LogP contribution >= 0.6 is 11.8 Å². The first-order valence-corrected chi connectivity index (χ1v) is 9.72. The van der Waals surface area contributed by atoms with Gasteiger partial charge in [0, 0.05) is 0 Å². The molecular weight excluding hydrogens is 410 g/mol. The van der Waals surface area contributed by atoms with Gasteiger partial charge in [-0.25, -0.2) is 4.79 Å². The van der Waals surface area contributed by atoms with Gasteiger partial charge in [-0.1, -0.05) is 0 Å². The van der Waals surface area contributed by atoms with Crippen molar-refractivity contribution in [1.29, 1.82) is 0 Å². The van der Waals surface area contributed by atoms with Crippen LogP contribution in [0.25, 0.3) is 0 Å². The fraction of sp³-hybridized carbons (Fsp3) is 0.600. The summed E-state index contributed by atoms with van der Waals surface area (Å²) < 4.78 is 0. The summed E-state index contributed by atoms with van der Waals surface area (Å²) in [6, 6.07) is -4.10. The number of carbonyl (C=O) groups is 6. The standard InChI is InChI=1S/C15H25N5O8S/c1-29-3-2-8(15(27)28)19-11(22)6-18-14(26)9(5-12(23)24)20-13(25)7(16)4-10(17)21/h7-9H,2-6,16H2,1H3,(H2,17,21)(H,18,26)(H,19,22)(H,20,25)(H,23,24)(H,27,28). The van der Waals surface area contributed by atoms with Gasteiger partial charge >= 0.3 is 11.9 Å². The van der Waals surface area contributed by atoms with Crippen molar-refractivity contribution in [2.75, 3.05) is 18.6 Å². The van der Waals surface area contributed by atoms with Gasteiger partial charge in [0.15, 0.2) is 0 Å². The van der Waals surface area contributed by atoms with Crippen molar-refractivity contribution >= 4 is 47.3 Å². The van der Waals surface area contributed by atoms with Gasteiger partial charge in [-0.2, -0.15) is 11.8 Å². The Kier molecular flexibility index (Phi) is 12.0. The summed E-state index contributed by atoms with van der Waals surface area (Å²) in [5.74, 6) is -5.81. The first kappa shape index (κ1) is 26.1. The van der Waals surface area contributed by atoms with Crippen LogP contribution in [0.5, 0.6) is 0 Å². The second-order valence-electron chi connectivity index (χ2n) is 5.89. The van der Waals surface area contributed by atoms with Gasteiger partial charge < -0.3 is 37.6 Å². The summed E-state index contributed by atoms with van der Waals surface area (Å²) >= 11 is 1.39. The highest BCUT2D eigenvalue weighted by Crippen LogP contribution is 2.01. The van der Waals surface area contributed by atoms with Crippen LogP contribution in [0.2, 0.25) is 0 Å². The predicted molar refractivity (Wildman–Crippen MR) is 102 cm³/mol. The maximum Gasteiger partial charge on any atom is 0.326 e. The number of primary amides is 1. The third-order valence-electron chi connectivity index (χ3n) is 3.44. The van der Waals surface area contributed by atoms with E-state index < -0.39 is 73.1 Å². The summed E-state index contributed by atoms with van der Waals surface area (Å²) in [7, 11) is 0. The second kappa shape index (κ2) is 13.3. The number of nitrogens with one attached hydrogen (secondary N) is 3. The zero-order chi connectivity index (χ0) is 22.6. The highest BCUT2D eigenvalue weighted by atomic mass is 32.2. The van der Waals surface area contributed by atoms with E-state index in [0.717, 1.165) is 0 Å². The van der Waals surface area contributed by atoms with Gasteiger partial charge in [-0.15, -0.1) is 0 Å². The van der Waals surface area contributed by atoms with Gasteiger partial charge in [0.25, 0.3) is 0 Å². The number of hydrogen-bond donors (Lipinski definition) is 7. The first-order valence-electron chi connectivity index (χ1n) is 8.32. The smallest absolute Gasteiger partial charge is 0.326 e. The van der Waals surface area contributed by atoms with E-state index in [1.54, 1.807) is 6.26 Å². The van der Waals surface area contributed by atoms with Gasteiger partial charge in [0.05, 0.1) is 25.4 Å². The summed E-state index contributed by atoms with van der Waals surface area (Å²) in [6.45, 7) is -0.638. The van der Waals surface area contributed by atoms with E-state index in [2.05, 4.69) is 16.0 Å². The van der Waals surface area contributed by atoms with Crippen LogP contribution in [0.15, 0.2) is 0 Å². The predicted octanol–water partition coefficient (Wildman–Crippen LogP) is -3.41. The lowest BCUT2D eigenvalue weighted by molar-refractivity contribution is -0.142. The van der Waals surface area contributed by atoms with Crippen molar-refractivity contribution in [3.8, 4) is 0 Å². The van der Waals surface area contributed by atoms with Crippen LogP contribution in [-0.2, 0) is 28.8 Å². The Labute approximate surface area is 170 Å². The molecule has 29 heavy (non-hydrogen) atoms. The number of nitrogens with two attached hydrogens (primary N) is 2. The molecule has 0 saturated heterocycles. The van der Waals surface area contributed by atoms with Gasteiger partial charge in [-0.3, -0.25) is 24.0 Å². The quantitative estimate of drug-likeness (QED) is 0.143. The van der Waals surface area contributed by atoms with Crippen molar-refractivity contribution in [2.24, 2.45) is 11.5 Å². The molecule has 0 rings (SSSR count). The Bertz CT molecular complexity index is 644. The molecule has 9 N–H and O–H groups in total. The highest BCUT2D eigenvalue weighted by molar-refractivity contribution is 7.98. The number of carboxylic acid groups (broad SMARTS) is 2. The highest BCUT2D eigenvalue weighted by Gasteiger charge is 2.27. The molecule has 0 aliphatic heterocycles. The molecule has 14 heteroatoms. The molecule has 0 aromatic carbocycles. The average Bonchev–Trinajstić information content (AvgIpc) is 2.61. The molecule has 0 aromatic rings. The molecule has 0 bridgehead atoms. The fourth-order valence-corrected chi connectivity index (χ4v) is 2.47. The Morgan fingerprint density at radius 1 is 0.966 bits per heavy atom. The lowest BCUT2D eigenvalue weighted by atomic mass is 10.1. The van der Waals surface area contributed by atoms with Crippen molar-refractivity contribution in [1.82, 2.24) is 16.0 Å². The summed E-state index contributed by atoms with van der Waals surface area (Å²) in [5.41, 5.74) is 10.3. The number of rotatable bonds is 14. The summed E-state index contributed by atoms with van der Waals surface area (Å²) in [5, 5.41) is 24.4. The Hall–Kier alpha value is -2.87. The lowest BCUT2D eigenvalue weighted by Gasteiger charge is -2.19. The molecule has 3 unspecified atom stereocenters. The Balaban J connectivity index is 4.82. The van der Waals surface area contributed by atoms with Crippen molar-refractivity contribution in [3.63, 3.8) is 0 Å². The fourth-order valence-electron chi connectivity index (χ4n) is 2.00. The van der Waals surface area contributed by atoms with Crippen molar-refractivity contribution in [3.05, 3.63) is 0 Å². The molecule has 3 atom stereocenters. The topological polar surface area (TPSA) is 231 Å². The van der Waals surface area contributed by atoms with E-state index in [1.807, 2.05) is 0 Å². The van der Waals surface area contributed by atoms with Crippen LogP contribution in [0.1, 0.15) is 19.3 Å². The molecule has 0 aliphatic carbocycles. The van der Waals surface area contributed by atoms with E-state index >= 15 is 0 Å². The van der Waals surface area contributed by atoms with Crippen molar-refractivity contribution in [2.45, 2.75) is 37.4 Å². The van der Waals surface area contributed by atoms with Gasteiger partial charge in [0.1, 0.15) is 12.1 Å². The van der Waals surface area contributed by atoms with Crippen LogP contribution in [0.3, 0.4) is 0 Å². The third-order valence-corrected chi connectivity index (χ3v) is 4.08. The van der Waals surface area contributed by atoms with Crippen LogP contribution < -0.4 is 27.4 Å². The monoisotopic (exact) mass is 435 g/mol. The number of hydrogen-bond acceptors (Lipinski definition) is 8. The molecule has 0 fully saturated rings. The van der Waals surface area contributed by atoms with E-state index in [0.29, 0.717) is 5.75 Å². The molecule has 0 heterocycles. The summed E-state index contributed by atoms with van der Waals surface area (Å²) in [6.07, 6.45) is 0.620. The first-order chi connectivity index (χ1) is 13.5. The molecule has 0 radical (unpaired) electrons. The third kappa shape index (κ3) is 11.5. The maximum atomic E-state index is 12.1. The minimum Gasteiger partial charge on any atom is -0.481 e. The molecular formula is C15H25N5O8S. The molecule has 0 spiro atoms. The normalized spacial score (nSPS) is 13.4. The molecule has 0 saturated carbocycles. The SMILES string of the molecule is CSCCC(NC(=O)CNC(=O)C(CC(=O)O)NC(=O)C(N)CC(N)=O)C(=O)O. The molecule has 0 aromatic heterocycles. The minimum absolute atomic E-state index is 0.172. The average molecular weight is 435 g/mol. The van der Waals surface area contributed by atoms with E-state index in [-0.39, 0.29) is 6.42 Å². The maximum absolute atomic E-state index is 12.1. The van der Waals surface area contributed by atoms with E-state index in [1.165, 1.54) is 11.8 Å². The van der Waals surface area contributed by atoms with E-state index in [9.17, 15) is 28.8 Å². The largest absolute Gasteiger partial charge is 0.481 e. The van der Waals surface area contributed by atoms with Gasteiger partial charge in [0.2, 0.25) is 23.6 Å². The number of thioether (sulfide) groups is 1. The number of aliphatic carboxylic acids is 2. The zero-order valence-electron chi connectivity index (χ0n) is 15.7. The van der Waals surface area contributed by atoms with Crippen molar-refractivity contribution < 1.29 is 39.0 Å².